The fourth-order valence-electron chi connectivity index (χ4n) is 6.42. The van der Waals surface area contributed by atoms with Crippen LogP contribution in [0, 0.1) is 5.82 Å². The molecule has 242 valence electrons. The first-order chi connectivity index (χ1) is 22.9. The zero-order chi connectivity index (χ0) is 32.5. The van der Waals surface area contributed by atoms with Crippen molar-refractivity contribution in [1.29, 1.82) is 0 Å². The number of hydrogen-bond donors (Lipinski definition) is 1. The van der Waals surface area contributed by atoms with Gasteiger partial charge in [0.15, 0.2) is 0 Å². The monoisotopic (exact) mass is 657 g/mol. The van der Waals surface area contributed by atoms with Crippen molar-refractivity contribution in [2.45, 2.75) is 31.6 Å². The summed E-state index contributed by atoms with van der Waals surface area (Å²) in [4.78, 5) is 18.6. The van der Waals surface area contributed by atoms with Gasteiger partial charge in [-0.15, -0.1) is 0 Å². The maximum atomic E-state index is 14.6. The van der Waals surface area contributed by atoms with E-state index in [1.807, 2.05) is 47.4 Å². The molecule has 1 fully saturated rings. The Morgan fingerprint density at radius 1 is 0.979 bits per heavy atom. The summed E-state index contributed by atoms with van der Waals surface area (Å²) in [5.41, 5.74) is 5.28. The van der Waals surface area contributed by atoms with Crippen LogP contribution in [0.4, 0.5) is 26.2 Å². The van der Waals surface area contributed by atoms with Crippen molar-refractivity contribution < 1.29 is 18.3 Å². The van der Waals surface area contributed by atoms with Crippen molar-refractivity contribution in [3.63, 3.8) is 0 Å². The largest absolute Gasteiger partial charge is 0.497 e. The molecule has 1 N–H and O–H groups in total. The number of halogens is 3. The van der Waals surface area contributed by atoms with Crippen molar-refractivity contribution in [2.75, 3.05) is 44.1 Å². The third-order valence-electron chi connectivity index (χ3n) is 8.72. The van der Waals surface area contributed by atoms with Gasteiger partial charge in [-0.2, -0.15) is 4.98 Å². The lowest BCUT2D eigenvalue weighted by Crippen LogP contribution is -2.38. The molecule has 1 saturated heterocycles. The summed E-state index contributed by atoms with van der Waals surface area (Å²) in [6.07, 6.45) is 3.53. The Bertz CT molecular complexity index is 1870. The third kappa shape index (κ3) is 6.45. The van der Waals surface area contributed by atoms with Crippen molar-refractivity contribution in [3.05, 3.63) is 113 Å². The summed E-state index contributed by atoms with van der Waals surface area (Å²) in [6, 6.07) is 19.9. The van der Waals surface area contributed by atoms with Crippen LogP contribution >= 0.6 is 11.6 Å². The Balaban J connectivity index is 1.30. The number of ether oxygens (including phenoxy) is 2. The number of alkyl halides is 1. The average Bonchev–Trinajstić information content (AvgIpc) is 3.73. The quantitative estimate of drug-likeness (QED) is 0.183. The lowest BCUT2D eigenvalue weighted by atomic mass is 9.91. The van der Waals surface area contributed by atoms with E-state index in [0.717, 1.165) is 39.6 Å². The molecule has 5 aromatic rings. The molecule has 1 unspecified atom stereocenters. The number of rotatable bonds is 9. The van der Waals surface area contributed by atoms with Crippen LogP contribution < -0.4 is 19.7 Å². The molecule has 0 amide bonds. The number of nitrogens with one attached hydrogen (secondary N) is 1. The van der Waals surface area contributed by atoms with E-state index in [1.54, 1.807) is 31.3 Å². The standard InChI is InChI=1S/C35H34ClF2N7O2/c1-46-27-10-3-22(4-11-27)18-43-16-14-28-32(33(43)23-5-7-24(37)8-6-23)41-35(42-34(28)44-15-13-25(38)19-44)40-26-9-12-29(30(17-26)47-2)45-20-31(36)39-21-45/h3-12,17,20-21,25,33H,13-16,18-19H2,1-2H3,(H,40,41,42)/t25-,33?/m0/s1. The number of benzene rings is 3. The van der Waals surface area contributed by atoms with Crippen LogP contribution in [0.5, 0.6) is 11.5 Å². The normalized spacial score (nSPS) is 17.9. The van der Waals surface area contributed by atoms with Gasteiger partial charge in [0.1, 0.15) is 40.8 Å². The first-order valence-electron chi connectivity index (χ1n) is 15.5. The number of anilines is 3. The van der Waals surface area contributed by atoms with Crippen molar-refractivity contribution in [2.24, 2.45) is 0 Å². The first-order valence-corrected chi connectivity index (χ1v) is 15.8. The SMILES string of the molecule is COc1ccc(CN2CCc3c(nc(Nc4ccc(-n5cnc(Cl)c5)c(OC)c4)nc3N3CC[C@H](F)C3)C2c2ccc(F)cc2)cc1. The number of hydrogen-bond acceptors (Lipinski definition) is 8. The van der Waals surface area contributed by atoms with Crippen LogP contribution in [0.15, 0.2) is 79.3 Å². The number of fused-ring (bicyclic) bond motifs is 1. The van der Waals surface area contributed by atoms with Gasteiger partial charge in [-0.1, -0.05) is 35.9 Å². The zero-order valence-electron chi connectivity index (χ0n) is 26.0. The summed E-state index contributed by atoms with van der Waals surface area (Å²) in [6.45, 7) is 2.20. The summed E-state index contributed by atoms with van der Waals surface area (Å²) in [5, 5.41) is 3.75. The molecule has 2 aromatic heterocycles. The molecule has 2 atom stereocenters. The van der Waals surface area contributed by atoms with Crippen LogP contribution in [-0.2, 0) is 13.0 Å². The van der Waals surface area contributed by atoms with Gasteiger partial charge >= 0.3 is 0 Å². The molecule has 12 heteroatoms. The van der Waals surface area contributed by atoms with E-state index in [1.165, 1.54) is 12.1 Å². The Labute approximate surface area is 276 Å². The topological polar surface area (TPSA) is 80.6 Å². The first kappa shape index (κ1) is 30.9. The molecule has 0 spiro atoms. The molecular weight excluding hydrogens is 624 g/mol. The summed E-state index contributed by atoms with van der Waals surface area (Å²) < 4.78 is 41.5. The highest BCUT2D eigenvalue weighted by Gasteiger charge is 2.35. The summed E-state index contributed by atoms with van der Waals surface area (Å²) in [5.74, 6) is 2.18. The minimum absolute atomic E-state index is 0.273. The summed E-state index contributed by atoms with van der Waals surface area (Å²) >= 11 is 6.06. The molecule has 0 saturated carbocycles. The molecule has 9 nitrogen and oxygen atoms in total. The van der Waals surface area contributed by atoms with Crippen LogP contribution in [0.3, 0.4) is 0 Å². The van der Waals surface area contributed by atoms with Gasteiger partial charge < -0.3 is 24.3 Å². The van der Waals surface area contributed by atoms with Crippen LogP contribution in [0.25, 0.3) is 5.69 Å². The van der Waals surface area contributed by atoms with Gasteiger partial charge in [0.05, 0.1) is 38.2 Å². The van der Waals surface area contributed by atoms with E-state index in [9.17, 15) is 8.78 Å². The molecule has 2 aliphatic heterocycles. The van der Waals surface area contributed by atoms with Gasteiger partial charge in [0.2, 0.25) is 5.95 Å². The summed E-state index contributed by atoms with van der Waals surface area (Å²) in [7, 11) is 3.25. The van der Waals surface area contributed by atoms with Gasteiger partial charge in [-0.3, -0.25) is 4.90 Å². The molecule has 4 heterocycles. The Kier molecular flexibility index (Phi) is 8.66. The lowest BCUT2D eigenvalue weighted by Gasteiger charge is -2.38. The van der Waals surface area contributed by atoms with E-state index in [-0.39, 0.29) is 18.4 Å². The second kappa shape index (κ2) is 13.2. The average molecular weight is 658 g/mol. The minimum atomic E-state index is -0.923. The molecular formula is C35H34ClF2N7O2. The van der Waals surface area contributed by atoms with Gasteiger partial charge in [-0.05, 0) is 60.4 Å². The van der Waals surface area contributed by atoms with Crippen molar-refractivity contribution in [1.82, 2.24) is 24.4 Å². The lowest BCUT2D eigenvalue weighted by molar-refractivity contribution is 0.200. The predicted octanol–water partition coefficient (Wildman–Crippen LogP) is 6.91. The predicted molar refractivity (Wildman–Crippen MR) is 178 cm³/mol. The smallest absolute Gasteiger partial charge is 0.229 e. The highest BCUT2D eigenvalue weighted by atomic mass is 35.5. The fourth-order valence-corrected chi connectivity index (χ4v) is 6.57. The molecule has 0 aliphatic carbocycles. The Morgan fingerprint density at radius 3 is 2.47 bits per heavy atom. The van der Waals surface area contributed by atoms with Crippen molar-refractivity contribution >= 4 is 29.1 Å². The highest BCUT2D eigenvalue weighted by molar-refractivity contribution is 6.29. The third-order valence-corrected chi connectivity index (χ3v) is 8.91. The van der Waals surface area contributed by atoms with E-state index >= 15 is 0 Å². The van der Waals surface area contributed by atoms with Crippen LogP contribution in [-0.4, -0.2) is 64.4 Å². The Hall–Kier alpha value is -4.74. The van der Waals surface area contributed by atoms with E-state index in [4.69, 9.17) is 31.0 Å². The highest BCUT2D eigenvalue weighted by Crippen LogP contribution is 2.40. The second-order valence-electron chi connectivity index (χ2n) is 11.7. The zero-order valence-corrected chi connectivity index (χ0v) is 26.8. The molecule has 7 rings (SSSR count). The van der Waals surface area contributed by atoms with E-state index in [0.29, 0.717) is 55.0 Å². The maximum Gasteiger partial charge on any atom is 0.229 e. The molecule has 3 aromatic carbocycles. The number of aromatic nitrogens is 4. The Morgan fingerprint density at radius 2 is 1.79 bits per heavy atom. The second-order valence-corrected chi connectivity index (χ2v) is 12.1. The van der Waals surface area contributed by atoms with Gasteiger partial charge in [-0.25, -0.2) is 18.7 Å². The van der Waals surface area contributed by atoms with Gasteiger partial charge in [0.25, 0.3) is 0 Å². The fraction of sp³-hybridized carbons (Fsp3) is 0.286. The van der Waals surface area contributed by atoms with Crippen molar-refractivity contribution in [3.8, 4) is 17.2 Å². The molecule has 0 radical (unpaired) electrons. The number of methoxy groups -OCH3 is 2. The van der Waals surface area contributed by atoms with Crippen LogP contribution in [0.2, 0.25) is 5.15 Å². The molecule has 2 aliphatic rings. The van der Waals surface area contributed by atoms with E-state index < -0.39 is 6.17 Å². The maximum absolute atomic E-state index is 14.6. The number of imidazole rings is 1. The molecule has 47 heavy (non-hydrogen) atoms. The number of nitrogens with zero attached hydrogens (tertiary/aromatic N) is 6. The van der Waals surface area contributed by atoms with Gasteiger partial charge in [0, 0.05) is 43.1 Å². The molecule has 0 bridgehead atoms. The minimum Gasteiger partial charge on any atom is -0.497 e. The van der Waals surface area contributed by atoms with E-state index in [2.05, 4.69) is 27.3 Å². The van der Waals surface area contributed by atoms with Crippen LogP contribution in [0.1, 0.15) is 34.8 Å².